The van der Waals surface area contributed by atoms with Crippen LogP contribution in [0.4, 0.5) is 11.5 Å². The van der Waals surface area contributed by atoms with Crippen molar-refractivity contribution in [2.45, 2.75) is 38.6 Å². The molecule has 32 heavy (non-hydrogen) atoms. The number of carbonyl (C=O) groups excluding carboxylic acids is 4. The summed E-state index contributed by atoms with van der Waals surface area (Å²) in [6.07, 6.45) is 4.12. The molecule has 0 bridgehead atoms. The van der Waals surface area contributed by atoms with Gasteiger partial charge in [-0.3, -0.25) is 19.2 Å². The first-order valence-electron chi connectivity index (χ1n) is 10.6. The molecule has 1 saturated heterocycles. The average molecular weight is 435 g/mol. The number of likely N-dealkylation sites (tertiary alicyclic amines) is 1. The minimum Gasteiger partial charge on any atom is -0.365 e. The summed E-state index contributed by atoms with van der Waals surface area (Å²) < 4.78 is 0. The quantitative estimate of drug-likeness (QED) is 0.634. The Morgan fingerprint density at radius 1 is 1.19 bits per heavy atom. The second-order valence-corrected chi connectivity index (χ2v) is 8.34. The van der Waals surface area contributed by atoms with Gasteiger partial charge in [0.25, 0.3) is 5.91 Å². The van der Waals surface area contributed by atoms with E-state index in [9.17, 15) is 19.2 Å². The molecule has 4 amide bonds. The van der Waals surface area contributed by atoms with Crippen LogP contribution >= 0.6 is 0 Å². The van der Waals surface area contributed by atoms with E-state index >= 15 is 0 Å². The van der Waals surface area contributed by atoms with Gasteiger partial charge in [-0.25, -0.2) is 4.98 Å². The highest BCUT2D eigenvalue weighted by Gasteiger charge is 2.35. The molecule has 1 aromatic heterocycles. The third-order valence-electron chi connectivity index (χ3n) is 5.99. The maximum Gasteiger partial charge on any atom is 0.315 e. The molecule has 3 heterocycles. The van der Waals surface area contributed by atoms with E-state index < -0.39 is 17.7 Å². The predicted octanol–water partition coefficient (Wildman–Crippen LogP) is 2.00. The fourth-order valence-corrected chi connectivity index (χ4v) is 4.33. The van der Waals surface area contributed by atoms with E-state index in [1.165, 1.54) is 18.3 Å². The van der Waals surface area contributed by atoms with Gasteiger partial charge in [-0.2, -0.15) is 0 Å². The number of nitrogens with one attached hydrogen (secondary N) is 2. The summed E-state index contributed by atoms with van der Waals surface area (Å²) >= 11 is 0. The number of rotatable bonds is 3. The normalized spacial score (nSPS) is 20.2. The number of anilines is 2. The van der Waals surface area contributed by atoms with Crippen molar-refractivity contribution in [1.82, 2.24) is 9.88 Å². The second kappa shape index (κ2) is 8.78. The van der Waals surface area contributed by atoms with Crippen LogP contribution in [0.25, 0.3) is 0 Å². The van der Waals surface area contributed by atoms with E-state index in [0.717, 1.165) is 29.7 Å². The Bertz CT molecular complexity index is 1100. The number of hydrogen-bond donors (Lipinski definition) is 3. The number of nitrogens with zero attached hydrogens (tertiary/aromatic N) is 2. The van der Waals surface area contributed by atoms with E-state index in [0.29, 0.717) is 19.4 Å². The molecule has 2 aliphatic rings. The zero-order valence-corrected chi connectivity index (χ0v) is 17.8. The molecule has 2 aromatic rings. The number of fused-ring (bicyclic) bond motifs is 1. The molecule has 1 fully saturated rings. The standard InChI is InChI=1S/C23H25N5O4/c1-13-4-8-18(15-5-7-17-14(11-15)6-9-19(29)26-17)28(12-13)23(32)22(31)27-21-16(20(24)30)3-2-10-25-21/h2-3,5,7,10-11,13,18H,4,6,8-9,12H2,1H3,(H2,24,30)(H,26,29)(H,25,27,31)/t13-,18+/m0/s1. The van der Waals surface area contributed by atoms with Crippen LogP contribution < -0.4 is 16.4 Å². The molecule has 2 atom stereocenters. The lowest BCUT2D eigenvalue weighted by atomic mass is 9.88. The number of amides is 4. The number of carbonyl (C=O) groups is 4. The predicted molar refractivity (Wildman–Crippen MR) is 118 cm³/mol. The molecule has 9 heteroatoms. The van der Waals surface area contributed by atoms with Crippen LogP contribution in [0.1, 0.15) is 53.7 Å². The monoisotopic (exact) mass is 435 g/mol. The van der Waals surface area contributed by atoms with Crippen LogP contribution in [0.5, 0.6) is 0 Å². The third kappa shape index (κ3) is 4.32. The van der Waals surface area contributed by atoms with Crippen molar-refractivity contribution < 1.29 is 19.2 Å². The Labute approximate surface area is 185 Å². The number of benzene rings is 1. The summed E-state index contributed by atoms with van der Waals surface area (Å²) in [4.78, 5) is 54.8. The van der Waals surface area contributed by atoms with Crippen molar-refractivity contribution in [2.75, 3.05) is 17.2 Å². The summed E-state index contributed by atoms with van der Waals surface area (Å²) in [5, 5.41) is 5.30. The maximum atomic E-state index is 13.2. The highest BCUT2D eigenvalue weighted by Crippen LogP contribution is 2.36. The number of pyridine rings is 1. The van der Waals surface area contributed by atoms with E-state index in [1.807, 2.05) is 25.1 Å². The SMILES string of the molecule is C[C@H]1CC[C@H](c2ccc3c(c2)CCC(=O)N3)N(C(=O)C(=O)Nc2ncccc2C(N)=O)C1. The number of primary amides is 1. The maximum absolute atomic E-state index is 13.2. The minimum atomic E-state index is -0.865. The second-order valence-electron chi connectivity index (χ2n) is 8.34. The number of piperidine rings is 1. The van der Waals surface area contributed by atoms with Crippen LogP contribution in [-0.4, -0.2) is 40.1 Å². The molecule has 0 unspecified atom stereocenters. The lowest BCUT2D eigenvalue weighted by Crippen LogP contribution is -2.46. The molecule has 9 nitrogen and oxygen atoms in total. The first kappa shape index (κ1) is 21.5. The van der Waals surface area contributed by atoms with Gasteiger partial charge < -0.3 is 21.3 Å². The third-order valence-corrected chi connectivity index (χ3v) is 5.99. The average Bonchev–Trinajstić information content (AvgIpc) is 2.78. The summed E-state index contributed by atoms with van der Waals surface area (Å²) in [7, 11) is 0. The summed E-state index contributed by atoms with van der Waals surface area (Å²) in [5.74, 6) is -2.09. The van der Waals surface area contributed by atoms with Crippen molar-refractivity contribution in [3.05, 3.63) is 53.2 Å². The Morgan fingerprint density at radius 3 is 2.78 bits per heavy atom. The Hall–Kier alpha value is -3.75. The van der Waals surface area contributed by atoms with Crippen molar-refractivity contribution in [3.63, 3.8) is 0 Å². The van der Waals surface area contributed by atoms with Crippen LogP contribution in [0, 0.1) is 5.92 Å². The Kier molecular flexibility index (Phi) is 5.89. The van der Waals surface area contributed by atoms with Gasteiger partial charge in [-0.1, -0.05) is 19.1 Å². The highest BCUT2D eigenvalue weighted by molar-refractivity contribution is 6.39. The van der Waals surface area contributed by atoms with Gasteiger partial charge >= 0.3 is 11.8 Å². The molecule has 0 aliphatic carbocycles. The molecule has 0 saturated carbocycles. The van der Waals surface area contributed by atoms with Crippen molar-refractivity contribution >= 4 is 35.1 Å². The molecule has 0 spiro atoms. The molecule has 0 radical (unpaired) electrons. The number of nitrogens with two attached hydrogens (primary N) is 1. The summed E-state index contributed by atoms with van der Waals surface area (Å²) in [6, 6.07) is 8.47. The molecule has 166 valence electrons. The molecular formula is C23H25N5O4. The molecule has 4 rings (SSSR count). The van der Waals surface area contributed by atoms with E-state index in [4.69, 9.17) is 5.73 Å². The van der Waals surface area contributed by atoms with Gasteiger partial charge in [0.05, 0.1) is 11.6 Å². The number of aromatic nitrogens is 1. The van der Waals surface area contributed by atoms with Gasteiger partial charge in [0.15, 0.2) is 0 Å². The fourth-order valence-electron chi connectivity index (χ4n) is 4.33. The minimum absolute atomic E-state index is 0.00457. The van der Waals surface area contributed by atoms with Crippen LogP contribution in [0.3, 0.4) is 0 Å². The topological polar surface area (TPSA) is 134 Å². The van der Waals surface area contributed by atoms with Gasteiger partial charge in [0.2, 0.25) is 5.91 Å². The largest absolute Gasteiger partial charge is 0.365 e. The Balaban J connectivity index is 1.57. The molecule has 2 aliphatic heterocycles. The smallest absolute Gasteiger partial charge is 0.315 e. The van der Waals surface area contributed by atoms with Gasteiger partial charge in [-0.05, 0) is 54.5 Å². The molecular weight excluding hydrogens is 410 g/mol. The first-order valence-corrected chi connectivity index (χ1v) is 10.6. The fraction of sp³-hybridized carbons (Fsp3) is 0.348. The van der Waals surface area contributed by atoms with Gasteiger partial charge in [-0.15, -0.1) is 0 Å². The van der Waals surface area contributed by atoms with Gasteiger partial charge in [0.1, 0.15) is 5.82 Å². The molecule has 4 N–H and O–H groups in total. The van der Waals surface area contributed by atoms with Crippen molar-refractivity contribution in [3.8, 4) is 0 Å². The zero-order chi connectivity index (χ0) is 22.8. The lowest BCUT2D eigenvalue weighted by Gasteiger charge is -2.39. The number of aryl methyl sites for hydroxylation is 1. The van der Waals surface area contributed by atoms with E-state index in [2.05, 4.69) is 15.6 Å². The lowest BCUT2D eigenvalue weighted by molar-refractivity contribution is -0.146. The summed E-state index contributed by atoms with van der Waals surface area (Å²) in [6.45, 7) is 2.48. The number of hydrogen-bond acceptors (Lipinski definition) is 5. The highest BCUT2D eigenvalue weighted by atomic mass is 16.2. The van der Waals surface area contributed by atoms with Crippen LogP contribution in [-0.2, 0) is 20.8 Å². The molecule has 1 aromatic carbocycles. The van der Waals surface area contributed by atoms with E-state index in [-0.39, 0.29) is 29.2 Å². The zero-order valence-electron chi connectivity index (χ0n) is 17.8. The van der Waals surface area contributed by atoms with Crippen molar-refractivity contribution in [2.24, 2.45) is 11.7 Å². The first-order chi connectivity index (χ1) is 15.3. The Morgan fingerprint density at radius 2 is 2.00 bits per heavy atom. The van der Waals surface area contributed by atoms with Crippen LogP contribution in [0.2, 0.25) is 0 Å². The summed E-state index contributed by atoms with van der Waals surface area (Å²) in [5.41, 5.74) is 8.12. The van der Waals surface area contributed by atoms with Crippen LogP contribution in [0.15, 0.2) is 36.5 Å². The van der Waals surface area contributed by atoms with E-state index in [1.54, 1.807) is 4.90 Å². The van der Waals surface area contributed by atoms with Gasteiger partial charge in [0, 0.05) is 24.8 Å². The van der Waals surface area contributed by atoms with Crippen molar-refractivity contribution in [1.29, 1.82) is 0 Å².